The van der Waals surface area contributed by atoms with Crippen LogP contribution in [0, 0.1) is 5.92 Å². The molecule has 1 fully saturated rings. The molecule has 0 amide bonds. The van der Waals surface area contributed by atoms with E-state index in [0.29, 0.717) is 12.1 Å². The molecule has 2 N–H and O–H groups in total. The molecular formula is C9H20N2. The summed E-state index contributed by atoms with van der Waals surface area (Å²) < 4.78 is 0. The van der Waals surface area contributed by atoms with E-state index in [4.69, 9.17) is 5.73 Å². The average molecular weight is 156 g/mol. The second-order valence-electron chi connectivity index (χ2n) is 4.03. The normalized spacial score (nSPS) is 31.1. The van der Waals surface area contributed by atoms with Crippen LogP contribution >= 0.6 is 0 Å². The lowest BCUT2D eigenvalue weighted by Gasteiger charge is -2.37. The molecule has 0 bridgehead atoms. The van der Waals surface area contributed by atoms with Gasteiger partial charge in [-0.2, -0.15) is 0 Å². The summed E-state index contributed by atoms with van der Waals surface area (Å²) >= 11 is 0. The Balaban J connectivity index is 2.19. The number of hydrogen-bond donors (Lipinski definition) is 1. The van der Waals surface area contributed by atoms with Crippen molar-refractivity contribution < 1.29 is 0 Å². The summed E-state index contributed by atoms with van der Waals surface area (Å²) in [6, 6.07) is 1.14. The summed E-state index contributed by atoms with van der Waals surface area (Å²) in [7, 11) is 2.18. The van der Waals surface area contributed by atoms with Crippen molar-refractivity contribution in [1.82, 2.24) is 4.90 Å². The minimum absolute atomic E-state index is 0.483. The molecule has 0 spiro atoms. The lowest BCUT2D eigenvalue weighted by Crippen LogP contribution is -2.46. The molecule has 0 aromatic rings. The summed E-state index contributed by atoms with van der Waals surface area (Å²) in [5.74, 6) is 0.766. The Hall–Kier alpha value is -0.0800. The van der Waals surface area contributed by atoms with Crippen LogP contribution in [0.1, 0.15) is 26.7 Å². The highest BCUT2D eigenvalue weighted by Gasteiger charge is 2.28. The zero-order valence-corrected chi connectivity index (χ0v) is 7.88. The van der Waals surface area contributed by atoms with Crippen molar-refractivity contribution >= 4 is 0 Å². The van der Waals surface area contributed by atoms with Gasteiger partial charge in [-0.05, 0) is 39.7 Å². The van der Waals surface area contributed by atoms with Crippen LogP contribution < -0.4 is 5.73 Å². The first-order valence-corrected chi connectivity index (χ1v) is 4.57. The second-order valence-corrected chi connectivity index (χ2v) is 4.03. The first-order chi connectivity index (χ1) is 5.11. The van der Waals surface area contributed by atoms with Crippen LogP contribution in [0.3, 0.4) is 0 Å². The quantitative estimate of drug-likeness (QED) is 0.662. The third-order valence-electron chi connectivity index (χ3n) is 2.88. The third kappa shape index (κ3) is 2.17. The molecule has 0 aromatic heterocycles. The van der Waals surface area contributed by atoms with Crippen LogP contribution in [0.5, 0.6) is 0 Å². The molecule has 1 saturated carbocycles. The molecule has 2 atom stereocenters. The molecule has 0 heterocycles. The van der Waals surface area contributed by atoms with Gasteiger partial charge >= 0.3 is 0 Å². The molecule has 0 radical (unpaired) electrons. The monoisotopic (exact) mass is 156 g/mol. The summed E-state index contributed by atoms with van der Waals surface area (Å²) in [6.07, 6.45) is 2.56. The molecule has 2 unspecified atom stereocenters. The molecule has 11 heavy (non-hydrogen) atoms. The van der Waals surface area contributed by atoms with E-state index in [1.54, 1.807) is 0 Å². The zero-order chi connectivity index (χ0) is 8.43. The topological polar surface area (TPSA) is 29.3 Å². The highest BCUT2D eigenvalue weighted by Crippen LogP contribution is 2.26. The summed E-state index contributed by atoms with van der Waals surface area (Å²) in [6.45, 7) is 5.63. The Morgan fingerprint density at radius 2 is 2.09 bits per heavy atom. The molecule has 2 nitrogen and oxygen atoms in total. The Morgan fingerprint density at radius 3 is 2.36 bits per heavy atom. The van der Waals surface area contributed by atoms with Crippen LogP contribution in [0.25, 0.3) is 0 Å². The van der Waals surface area contributed by atoms with Gasteiger partial charge in [0.25, 0.3) is 0 Å². The van der Waals surface area contributed by atoms with Gasteiger partial charge in [-0.15, -0.1) is 0 Å². The van der Waals surface area contributed by atoms with Crippen molar-refractivity contribution in [2.75, 3.05) is 13.6 Å². The third-order valence-corrected chi connectivity index (χ3v) is 2.88. The lowest BCUT2D eigenvalue weighted by molar-refractivity contribution is 0.154. The summed E-state index contributed by atoms with van der Waals surface area (Å²) in [5, 5.41) is 0. The van der Waals surface area contributed by atoms with E-state index in [-0.39, 0.29) is 0 Å². The van der Waals surface area contributed by atoms with E-state index >= 15 is 0 Å². The standard InChI is InChI=1S/C9H20N2/c1-7(2)11(3)6-8-4-5-9(8)10/h7-9H,4-6,10H2,1-3H3. The SMILES string of the molecule is CC(C)N(C)CC1CCC1N. The largest absolute Gasteiger partial charge is 0.327 e. The number of rotatable bonds is 3. The van der Waals surface area contributed by atoms with Gasteiger partial charge in [0.1, 0.15) is 0 Å². The highest BCUT2D eigenvalue weighted by atomic mass is 15.1. The minimum Gasteiger partial charge on any atom is -0.327 e. The minimum atomic E-state index is 0.483. The van der Waals surface area contributed by atoms with E-state index in [2.05, 4.69) is 25.8 Å². The van der Waals surface area contributed by atoms with Crippen molar-refractivity contribution in [2.24, 2.45) is 11.7 Å². The maximum absolute atomic E-state index is 5.84. The van der Waals surface area contributed by atoms with Crippen molar-refractivity contribution in [3.8, 4) is 0 Å². The van der Waals surface area contributed by atoms with Gasteiger partial charge in [-0.1, -0.05) is 0 Å². The van der Waals surface area contributed by atoms with Gasteiger partial charge in [-0.25, -0.2) is 0 Å². The molecule has 1 aliphatic rings. The predicted octanol–water partition coefficient (Wildman–Crippen LogP) is 1.06. The molecule has 1 rings (SSSR count). The van der Waals surface area contributed by atoms with Crippen LogP contribution in [-0.4, -0.2) is 30.6 Å². The molecule has 1 aliphatic carbocycles. The molecule has 0 aromatic carbocycles. The second kappa shape index (κ2) is 3.55. The molecule has 66 valence electrons. The molecule has 0 aliphatic heterocycles. The Morgan fingerprint density at radius 1 is 1.45 bits per heavy atom. The van der Waals surface area contributed by atoms with Gasteiger partial charge in [0.05, 0.1) is 0 Å². The maximum atomic E-state index is 5.84. The van der Waals surface area contributed by atoms with Crippen LogP contribution in [0.4, 0.5) is 0 Å². The van der Waals surface area contributed by atoms with E-state index in [9.17, 15) is 0 Å². The fourth-order valence-corrected chi connectivity index (χ4v) is 1.40. The van der Waals surface area contributed by atoms with E-state index < -0.39 is 0 Å². The Bertz CT molecular complexity index is 118. The molecule has 0 saturated heterocycles. The number of nitrogens with zero attached hydrogens (tertiary/aromatic N) is 1. The fraction of sp³-hybridized carbons (Fsp3) is 1.00. The first-order valence-electron chi connectivity index (χ1n) is 4.57. The van der Waals surface area contributed by atoms with Crippen LogP contribution in [0.2, 0.25) is 0 Å². The number of hydrogen-bond acceptors (Lipinski definition) is 2. The maximum Gasteiger partial charge on any atom is 0.00795 e. The van der Waals surface area contributed by atoms with Gasteiger partial charge < -0.3 is 10.6 Å². The van der Waals surface area contributed by atoms with Gasteiger partial charge in [0, 0.05) is 18.6 Å². The fourth-order valence-electron chi connectivity index (χ4n) is 1.40. The van der Waals surface area contributed by atoms with Gasteiger partial charge in [-0.3, -0.25) is 0 Å². The van der Waals surface area contributed by atoms with E-state index in [0.717, 1.165) is 5.92 Å². The number of nitrogens with two attached hydrogens (primary N) is 1. The van der Waals surface area contributed by atoms with Gasteiger partial charge in [0.2, 0.25) is 0 Å². The highest BCUT2D eigenvalue weighted by molar-refractivity contribution is 4.85. The van der Waals surface area contributed by atoms with Crippen LogP contribution in [-0.2, 0) is 0 Å². The Kier molecular flexibility index (Phi) is 2.90. The molecular weight excluding hydrogens is 136 g/mol. The molecule has 2 heteroatoms. The van der Waals surface area contributed by atoms with Crippen molar-refractivity contribution in [3.05, 3.63) is 0 Å². The van der Waals surface area contributed by atoms with Crippen molar-refractivity contribution in [3.63, 3.8) is 0 Å². The lowest BCUT2D eigenvalue weighted by atomic mass is 9.80. The smallest absolute Gasteiger partial charge is 0.00795 e. The predicted molar refractivity (Wildman–Crippen MR) is 48.5 cm³/mol. The summed E-state index contributed by atoms with van der Waals surface area (Å²) in [4.78, 5) is 2.38. The first kappa shape index (κ1) is 9.01. The average Bonchev–Trinajstić information content (AvgIpc) is 1.96. The van der Waals surface area contributed by atoms with Crippen molar-refractivity contribution in [2.45, 2.75) is 38.8 Å². The van der Waals surface area contributed by atoms with Crippen molar-refractivity contribution in [1.29, 1.82) is 0 Å². The Labute approximate surface area is 69.8 Å². The van der Waals surface area contributed by atoms with E-state index in [1.165, 1.54) is 19.4 Å². The van der Waals surface area contributed by atoms with Crippen LogP contribution in [0.15, 0.2) is 0 Å². The summed E-state index contributed by atoms with van der Waals surface area (Å²) in [5.41, 5.74) is 5.84. The zero-order valence-electron chi connectivity index (χ0n) is 7.88. The van der Waals surface area contributed by atoms with E-state index in [1.807, 2.05) is 0 Å². The van der Waals surface area contributed by atoms with Gasteiger partial charge in [0.15, 0.2) is 0 Å².